The minimum Gasteiger partial charge on any atom is -0.337 e. The van der Waals surface area contributed by atoms with Gasteiger partial charge >= 0.3 is 0 Å². The molecule has 1 heterocycles. The van der Waals surface area contributed by atoms with E-state index in [1.807, 2.05) is 4.90 Å². The van der Waals surface area contributed by atoms with E-state index in [2.05, 4.69) is 39.9 Å². The van der Waals surface area contributed by atoms with Gasteiger partial charge in [0, 0.05) is 32.1 Å². The van der Waals surface area contributed by atoms with Crippen LogP contribution in [0.15, 0.2) is 0 Å². The molecule has 3 heteroatoms. The van der Waals surface area contributed by atoms with E-state index in [1.54, 1.807) is 0 Å². The summed E-state index contributed by atoms with van der Waals surface area (Å²) in [7, 11) is 0. The molecule has 1 amide bonds. The molecule has 1 saturated heterocycles. The minimum atomic E-state index is 0.215. The smallest absolute Gasteiger partial charge is 0.223 e. The van der Waals surface area contributed by atoms with E-state index in [1.165, 1.54) is 0 Å². The number of hydrogen-bond acceptors (Lipinski definition) is 2. The van der Waals surface area contributed by atoms with Crippen LogP contribution in [0.4, 0.5) is 0 Å². The largest absolute Gasteiger partial charge is 0.337 e. The van der Waals surface area contributed by atoms with Crippen molar-refractivity contribution in [1.29, 1.82) is 0 Å². The van der Waals surface area contributed by atoms with Crippen molar-refractivity contribution in [2.45, 2.75) is 47.1 Å². The predicted molar refractivity (Wildman–Crippen MR) is 67.3 cm³/mol. The van der Waals surface area contributed by atoms with Crippen LogP contribution >= 0.6 is 0 Å². The van der Waals surface area contributed by atoms with Gasteiger partial charge in [-0.25, -0.2) is 0 Å². The predicted octanol–water partition coefficient (Wildman–Crippen LogP) is 1.88. The Morgan fingerprint density at radius 2 is 2.12 bits per heavy atom. The number of amides is 1. The first-order valence-electron chi connectivity index (χ1n) is 6.32. The van der Waals surface area contributed by atoms with E-state index in [9.17, 15) is 4.79 Å². The van der Waals surface area contributed by atoms with Gasteiger partial charge in [0.05, 0.1) is 0 Å². The minimum absolute atomic E-state index is 0.215. The zero-order chi connectivity index (χ0) is 12.3. The Balaban J connectivity index is 2.51. The molecular weight excluding hydrogens is 200 g/mol. The van der Waals surface area contributed by atoms with Crippen molar-refractivity contribution >= 4 is 5.91 Å². The zero-order valence-corrected chi connectivity index (χ0v) is 11.3. The van der Waals surface area contributed by atoms with Crippen molar-refractivity contribution in [3.63, 3.8) is 0 Å². The topological polar surface area (TPSA) is 32.3 Å². The number of rotatable bonds is 2. The number of hydrogen-bond donors (Lipinski definition) is 1. The van der Waals surface area contributed by atoms with Crippen molar-refractivity contribution < 1.29 is 4.79 Å². The average molecular weight is 226 g/mol. The summed E-state index contributed by atoms with van der Waals surface area (Å²) in [6.07, 6.45) is 0.674. The summed E-state index contributed by atoms with van der Waals surface area (Å²) in [6.45, 7) is 13.6. The van der Waals surface area contributed by atoms with Gasteiger partial charge < -0.3 is 10.2 Å². The fourth-order valence-electron chi connectivity index (χ4n) is 1.90. The van der Waals surface area contributed by atoms with Crippen molar-refractivity contribution in [2.24, 2.45) is 11.3 Å². The van der Waals surface area contributed by atoms with Gasteiger partial charge in [-0.1, -0.05) is 27.7 Å². The molecule has 94 valence electrons. The molecule has 1 aliphatic rings. The Morgan fingerprint density at radius 1 is 1.50 bits per heavy atom. The number of nitrogens with one attached hydrogen (secondary N) is 1. The molecule has 0 spiro atoms. The molecule has 0 aromatic rings. The van der Waals surface area contributed by atoms with Crippen LogP contribution in [0, 0.1) is 11.3 Å². The standard InChI is InChI=1S/C13H26N2O/c1-10(13(3,4)5)8-12(16)15-7-6-14-9-11(15)2/h10-11,14H,6-9H2,1-5H3/t10?,11-/m0/s1. The first-order valence-corrected chi connectivity index (χ1v) is 6.32. The summed E-state index contributed by atoms with van der Waals surface area (Å²) in [5.41, 5.74) is 0.215. The zero-order valence-electron chi connectivity index (χ0n) is 11.3. The molecule has 0 radical (unpaired) electrons. The molecule has 16 heavy (non-hydrogen) atoms. The van der Waals surface area contributed by atoms with Gasteiger partial charge in [0.25, 0.3) is 0 Å². The molecule has 0 aromatic carbocycles. The molecule has 0 saturated carbocycles. The molecule has 0 bridgehead atoms. The van der Waals surface area contributed by atoms with Gasteiger partial charge in [-0.05, 0) is 18.3 Å². The number of carbonyl (C=O) groups excluding carboxylic acids is 1. The summed E-state index contributed by atoms with van der Waals surface area (Å²) < 4.78 is 0. The van der Waals surface area contributed by atoms with E-state index in [-0.39, 0.29) is 5.41 Å². The molecule has 1 fully saturated rings. The lowest BCUT2D eigenvalue weighted by Gasteiger charge is -2.36. The highest BCUT2D eigenvalue weighted by Gasteiger charge is 2.28. The van der Waals surface area contributed by atoms with Gasteiger partial charge in [-0.3, -0.25) is 4.79 Å². The fraction of sp³-hybridized carbons (Fsp3) is 0.923. The summed E-state index contributed by atoms with van der Waals surface area (Å²) in [5, 5.41) is 3.31. The molecule has 1 unspecified atom stereocenters. The van der Waals surface area contributed by atoms with Gasteiger partial charge in [0.15, 0.2) is 0 Å². The van der Waals surface area contributed by atoms with Crippen LogP contribution in [-0.4, -0.2) is 36.5 Å². The Morgan fingerprint density at radius 3 is 2.62 bits per heavy atom. The second kappa shape index (κ2) is 5.17. The molecule has 0 aliphatic carbocycles. The molecule has 1 N–H and O–H groups in total. The second-order valence-corrected chi connectivity index (χ2v) is 6.11. The van der Waals surface area contributed by atoms with E-state index in [4.69, 9.17) is 0 Å². The van der Waals surface area contributed by atoms with Crippen molar-refractivity contribution in [1.82, 2.24) is 10.2 Å². The van der Waals surface area contributed by atoms with E-state index in [0.29, 0.717) is 24.3 Å². The van der Waals surface area contributed by atoms with Crippen molar-refractivity contribution in [3.05, 3.63) is 0 Å². The highest BCUT2D eigenvalue weighted by atomic mass is 16.2. The third-order valence-electron chi connectivity index (χ3n) is 3.78. The summed E-state index contributed by atoms with van der Waals surface area (Å²) in [6, 6.07) is 0.341. The van der Waals surface area contributed by atoms with Gasteiger partial charge in [0.1, 0.15) is 0 Å². The molecular formula is C13H26N2O. The second-order valence-electron chi connectivity index (χ2n) is 6.11. The van der Waals surface area contributed by atoms with Crippen LogP contribution in [0.25, 0.3) is 0 Å². The van der Waals surface area contributed by atoms with Crippen molar-refractivity contribution in [3.8, 4) is 0 Å². The molecule has 1 rings (SSSR count). The quantitative estimate of drug-likeness (QED) is 0.779. The molecule has 1 aliphatic heterocycles. The number of carbonyl (C=O) groups is 1. The highest BCUT2D eigenvalue weighted by molar-refractivity contribution is 5.77. The highest BCUT2D eigenvalue weighted by Crippen LogP contribution is 2.28. The lowest BCUT2D eigenvalue weighted by molar-refractivity contribution is -0.135. The normalized spacial score (nSPS) is 24.3. The Labute approximate surface area is 99.6 Å². The van der Waals surface area contributed by atoms with Crippen LogP contribution < -0.4 is 5.32 Å². The number of nitrogens with zero attached hydrogens (tertiary/aromatic N) is 1. The van der Waals surface area contributed by atoms with Crippen LogP contribution in [0.1, 0.15) is 41.0 Å². The number of piperazine rings is 1. The monoisotopic (exact) mass is 226 g/mol. The SMILES string of the molecule is CC(CC(=O)N1CCNC[C@@H]1C)C(C)(C)C. The first kappa shape index (κ1) is 13.5. The first-order chi connectivity index (χ1) is 7.32. The lowest BCUT2D eigenvalue weighted by atomic mass is 9.80. The van der Waals surface area contributed by atoms with E-state index in [0.717, 1.165) is 19.6 Å². The molecule has 2 atom stereocenters. The lowest BCUT2D eigenvalue weighted by Crippen LogP contribution is -2.52. The third kappa shape index (κ3) is 3.48. The maximum atomic E-state index is 12.2. The maximum Gasteiger partial charge on any atom is 0.223 e. The van der Waals surface area contributed by atoms with Crippen LogP contribution in [0.2, 0.25) is 0 Å². The van der Waals surface area contributed by atoms with Crippen LogP contribution in [0.3, 0.4) is 0 Å². The van der Waals surface area contributed by atoms with Crippen LogP contribution in [-0.2, 0) is 4.79 Å². The summed E-state index contributed by atoms with van der Waals surface area (Å²) >= 11 is 0. The Kier molecular flexibility index (Phi) is 4.36. The molecule has 0 aromatic heterocycles. The summed E-state index contributed by atoms with van der Waals surface area (Å²) in [4.78, 5) is 14.2. The summed E-state index contributed by atoms with van der Waals surface area (Å²) in [5.74, 6) is 0.749. The van der Waals surface area contributed by atoms with E-state index >= 15 is 0 Å². The van der Waals surface area contributed by atoms with Gasteiger partial charge in [-0.15, -0.1) is 0 Å². The fourth-order valence-corrected chi connectivity index (χ4v) is 1.90. The van der Waals surface area contributed by atoms with Crippen molar-refractivity contribution in [2.75, 3.05) is 19.6 Å². The Bertz CT molecular complexity index is 245. The van der Waals surface area contributed by atoms with Gasteiger partial charge in [-0.2, -0.15) is 0 Å². The molecule has 3 nitrogen and oxygen atoms in total. The third-order valence-corrected chi connectivity index (χ3v) is 3.78. The maximum absolute atomic E-state index is 12.2. The van der Waals surface area contributed by atoms with Gasteiger partial charge in [0.2, 0.25) is 5.91 Å². The average Bonchev–Trinajstić information content (AvgIpc) is 2.16. The Hall–Kier alpha value is -0.570. The van der Waals surface area contributed by atoms with Crippen LogP contribution in [0.5, 0.6) is 0 Å². The van der Waals surface area contributed by atoms with E-state index < -0.39 is 0 Å².